The van der Waals surface area contributed by atoms with E-state index < -0.39 is 0 Å². The van der Waals surface area contributed by atoms with Crippen LogP contribution in [-0.4, -0.2) is 32.0 Å². The van der Waals surface area contributed by atoms with Crippen LogP contribution in [0.4, 0.5) is 0 Å². The molecule has 3 rings (SSSR count). The van der Waals surface area contributed by atoms with E-state index in [9.17, 15) is 4.79 Å². The molecule has 0 aliphatic carbocycles. The van der Waals surface area contributed by atoms with E-state index in [0.29, 0.717) is 24.5 Å². The van der Waals surface area contributed by atoms with E-state index in [4.69, 9.17) is 4.42 Å². The van der Waals surface area contributed by atoms with E-state index in [1.807, 2.05) is 10.8 Å². The van der Waals surface area contributed by atoms with Gasteiger partial charge in [-0.2, -0.15) is 0 Å². The molecule has 7 heteroatoms. The third-order valence-electron chi connectivity index (χ3n) is 3.10. The van der Waals surface area contributed by atoms with Crippen molar-refractivity contribution in [2.45, 2.75) is 6.54 Å². The normalized spacial score (nSPS) is 11.0. The zero-order valence-corrected chi connectivity index (χ0v) is 12.3. The molecular weight excluding hydrogens is 294 g/mol. The van der Waals surface area contributed by atoms with Crippen LogP contribution in [0.3, 0.4) is 0 Å². The monoisotopic (exact) mass is 309 g/mol. The van der Waals surface area contributed by atoms with Crippen LogP contribution >= 0.6 is 0 Å². The van der Waals surface area contributed by atoms with Gasteiger partial charge in [0.05, 0.1) is 12.5 Å². The maximum Gasteiger partial charge on any atom is 0.244 e. The molecule has 0 unspecified atom stereocenters. The molecule has 0 aliphatic heterocycles. The summed E-state index contributed by atoms with van der Waals surface area (Å²) in [5.74, 6) is 1.18. The molecule has 0 radical (unpaired) electrons. The van der Waals surface area contributed by atoms with E-state index in [-0.39, 0.29) is 5.91 Å². The number of hydrogen-bond donors (Lipinski definition) is 1. The number of amides is 1. The van der Waals surface area contributed by atoms with Gasteiger partial charge in [0.15, 0.2) is 5.82 Å². The highest BCUT2D eigenvalue weighted by Gasteiger charge is 2.07. The van der Waals surface area contributed by atoms with Crippen LogP contribution in [0, 0.1) is 0 Å². The molecule has 3 heterocycles. The third kappa shape index (κ3) is 3.91. The molecule has 0 saturated heterocycles. The van der Waals surface area contributed by atoms with Crippen molar-refractivity contribution < 1.29 is 9.21 Å². The largest absolute Gasteiger partial charge is 0.465 e. The average molecular weight is 309 g/mol. The van der Waals surface area contributed by atoms with Gasteiger partial charge in [-0.3, -0.25) is 9.78 Å². The lowest BCUT2D eigenvalue weighted by molar-refractivity contribution is -0.116. The van der Waals surface area contributed by atoms with Crippen LogP contribution in [0.15, 0.2) is 59.9 Å². The Hall–Kier alpha value is -3.22. The quantitative estimate of drug-likeness (QED) is 0.701. The minimum atomic E-state index is -0.178. The first-order valence-corrected chi connectivity index (χ1v) is 7.10. The second kappa shape index (κ2) is 7.17. The highest BCUT2D eigenvalue weighted by Crippen LogP contribution is 2.12. The maximum atomic E-state index is 11.7. The summed E-state index contributed by atoms with van der Waals surface area (Å²) in [5, 5.41) is 2.81. The van der Waals surface area contributed by atoms with Crippen molar-refractivity contribution in [3.05, 3.63) is 61.2 Å². The Morgan fingerprint density at radius 1 is 1.30 bits per heavy atom. The molecule has 116 valence electrons. The molecular formula is C16H15N5O2. The number of carbonyl (C=O) groups excluding carboxylic acids is 1. The first-order chi connectivity index (χ1) is 11.3. The number of nitrogens with one attached hydrogen (secondary N) is 1. The molecule has 23 heavy (non-hydrogen) atoms. The summed E-state index contributed by atoms with van der Waals surface area (Å²) in [4.78, 5) is 24.3. The SMILES string of the molecule is O=C(C=Cc1ccco1)NCCn1ccnc1-c1cnccn1. The Kier molecular flexibility index (Phi) is 4.58. The lowest BCUT2D eigenvalue weighted by atomic mass is 10.4. The van der Waals surface area contributed by atoms with Crippen molar-refractivity contribution in [3.63, 3.8) is 0 Å². The molecule has 1 amide bonds. The summed E-state index contributed by atoms with van der Waals surface area (Å²) < 4.78 is 7.04. The number of nitrogens with zero attached hydrogens (tertiary/aromatic N) is 4. The van der Waals surface area contributed by atoms with Gasteiger partial charge in [0.1, 0.15) is 11.5 Å². The van der Waals surface area contributed by atoms with Gasteiger partial charge >= 0.3 is 0 Å². The average Bonchev–Trinajstić information content (AvgIpc) is 3.25. The van der Waals surface area contributed by atoms with Crippen LogP contribution in [0.2, 0.25) is 0 Å². The Morgan fingerprint density at radius 2 is 2.26 bits per heavy atom. The van der Waals surface area contributed by atoms with Gasteiger partial charge in [0.2, 0.25) is 5.91 Å². The number of imidazole rings is 1. The minimum absolute atomic E-state index is 0.178. The number of rotatable bonds is 6. The molecule has 0 atom stereocenters. The van der Waals surface area contributed by atoms with Crippen LogP contribution in [0.25, 0.3) is 17.6 Å². The Morgan fingerprint density at radius 3 is 3.04 bits per heavy atom. The van der Waals surface area contributed by atoms with Gasteiger partial charge < -0.3 is 14.3 Å². The van der Waals surface area contributed by atoms with Crippen molar-refractivity contribution in [2.24, 2.45) is 0 Å². The van der Waals surface area contributed by atoms with E-state index in [1.165, 1.54) is 6.08 Å². The smallest absolute Gasteiger partial charge is 0.244 e. The molecule has 1 N–H and O–H groups in total. The first kappa shape index (κ1) is 14.7. The van der Waals surface area contributed by atoms with Crippen LogP contribution < -0.4 is 5.32 Å². The topological polar surface area (TPSA) is 85.8 Å². The first-order valence-electron chi connectivity index (χ1n) is 7.10. The van der Waals surface area contributed by atoms with Crippen molar-refractivity contribution in [3.8, 4) is 11.5 Å². The van der Waals surface area contributed by atoms with Crippen molar-refractivity contribution in [1.82, 2.24) is 24.8 Å². The zero-order valence-electron chi connectivity index (χ0n) is 12.3. The van der Waals surface area contributed by atoms with Crippen molar-refractivity contribution in [1.29, 1.82) is 0 Å². The fraction of sp³-hybridized carbons (Fsp3) is 0.125. The molecule has 0 spiro atoms. The maximum absolute atomic E-state index is 11.7. The van der Waals surface area contributed by atoms with Crippen LogP contribution in [0.1, 0.15) is 5.76 Å². The zero-order chi connectivity index (χ0) is 15.9. The van der Waals surface area contributed by atoms with Crippen molar-refractivity contribution in [2.75, 3.05) is 6.54 Å². The Labute approximate surface area is 132 Å². The molecule has 3 aromatic heterocycles. The molecule has 0 saturated carbocycles. The van der Waals surface area contributed by atoms with Gasteiger partial charge in [-0.15, -0.1) is 0 Å². The fourth-order valence-electron chi connectivity index (χ4n) is 2.04. The summed E-state index contributed by atoms with van der Waals surface area (Å²) in [6.45, 7) is 1.07. The van der Waals surface area contributed by atoms with Crippen LogP contribution in [0.5, 0.6) is 0 Å². The number of carbonyl (C=O) groups is 1. The predicted molar refractivity (Wildman–Crippen MR) is 84.0 cm³/mol. The second-order valence-corrected chi connectivity index (χ2v) is 4.67. The van der Waals surface area contributed by atoms with Crippen LogP contribution in [-0.2, 0) is 11.3 Å². The van der Waals surface area contributed by atoms with Gasteiger partial charge in [0.25, 0.3) is 0 Å². The minimum Gasteiger partial charge on any atom is -0.465 e. The van der Waals surface area contributed by atoms with Gasteiger partial charge in [-0.05, 0) is 18.2 Å². The molecule has 0 aliphatic rings. The molecule has 0 bridgehead atoms. The molecule has 3 aromatic rings. The number of furan rings is 1. The Balaban J connectivity index is 1.54. The van der Waals surface area contributed by atoms with E-state index >= 15 is 0 Å². The van der Waals surface area contributed by atoms with Gasteiger partial charge in [-0.25, -0.2) is 9.97 Å². The summed E-state index contributed by atoms with van der Waals surface area (Å²) >= 11 is 0. The number of hydrogen-bond acceptors (Lipinski definition) is 5. The lowest BCUT2D eigenvalue weighted by Gasteiger charge is -2.07. The molecule has 0 aromatic carbocycles. The second-order valence-electron chi connectivity index (χ2n) is 4.67. The number of aromatic nitrogens is 4. The van der Waals surface area contributed by atoms with E-state index in [0.717, 1.165) is 5.82 Å². The van der Waals surface area contributed by atoms with Crippen molar-refractivity contribution >= 4 is 12.0 Å². The standard InChI is InChI=1S/C16H15N5O2/c22-15(4-3-13-2-1-11-23-13)19-7-9-21-10-8-20-16(21)14-12-17-5-6-18-14/h1-6,8,10-12H,7,9H2,(H,19,22). The highest BCUT2D eigenvalue weighted by molar-refractivity contribution is 5.91. The van der Waals surface area contributed by atoms with E-state index in [2.05, 4.69) is 20.3 Å². The Bertz CT molecular complexity index is 778. The summed E-state index contributed by atoms with van der Waals surface area (Å²) in [5.41, 5.74) is 0.696. The molecule has 7 nitrogen and oxygen atoms in total. The van der Waals surface area contributed by atoms with E-state index in [1.54, 1.807) is 49.3 Å². The summed E-state index contributed by atoms with van der Waals surface area (Å²) in [6, 6.07) is 3.55. The summed E-state index contributed by atoms with van der Waals surface area (Å²) in [6.07, 6.45) is 13.1. The van der Waals surface area contributed by atoms with Gasteiger partial charge in [0, 0.05) is 44.0 Å². The molecule has 0 fully saturated rings. The predicted octanol–water partition coefficient (Wildman–Crippen LogP) is 1.76. The summed E-state index contributed by atoms with van der Waals surface area (Å²) in [7, 11) is 0. The third-order valence-corrected chi connectivity index (χ3v) is 3.10. The highest BCUT2D eigenvalue weighted by atomic mass is 16.3. The fourth-order valence-corrected chi connectivity index (χ4v) is 2.04. The van der Waals surface area contributed by atoms with Gasteiger partial charge in [-0.1, -0.05) is 0 Å². The lowest BCUT2D eigenvalue weighted by Crippen LogP contribution is -2.25.